The second kappa shape index (κ2) is 15.7. The lowest BCUT2D eigenvalue weighted by atomic mass is 9.97. The average molecular weight is 749 g/mol. The minimum Gasteiger partial charge on any atom is -0.407 e. The smallest absolute Gasteiger partial charge is 0.261 e. The van der Waals surface area contributed by atoms with Crippen LogP contribution in [0.1, 0.15) is 67.7 Å². The van der Waals surface area contributed by atoms with Crippen molar-refractivity contribution in [2.24, 2.45) is 5.92 Å². The van der Waals surface area contributed by atoms with Crippen LogP contribution in [0, 0.1) is 5.92 Å². The van der Waals surface area contributed by atoms with Crippen molar-refractivity contribution in [1.82, 2.24) is 0 Å². The first-order valence-electron chi connectivity index (χ1n) is 16.6. The van der Waals surface area contributed by atoms with Gasteiger partial charge in [0, 0.05) is 17.1 Å². The van der Waals surface area contributed by atoms with Crippen molar-refractivity contribution in [3.63, 3.8) is 0 Å². The van der Waals surface area contributed by atoms with Gasteiger partial charge in [-0.25, -0.2) is 0 Å². The molecule has 0 saturated carbocycles. The van der Waals surface area contributed by atoms with E-state index in [1.54, 1.807) is 0 Å². The van der Waals surface area contributed by atoms with Crippen LogP contribution in [0.2, 0.25) is 10.1 Å². The van der Waals surface area contributed by atoms with Gasteiger partial charge < -0.3 is 8.85 Å². The van der Waals surface area contributed by atoms with Gasteiger partial charge in [-0.15, -0.1) is 0 Å². The van der Waals surface area contributed by atoms with Gasteiger partial charge in [-0.05, 0) is 56.0 Å². The summed E-state index contributed by atoms with van der Waals surface area (Å²) >= 11 is 2.53. The Morgan fingerprint density at radius 2 is 0.911 bits per heavy atom. The van der Waals surface area contributed by atoms with Gasteiger partial charge in [0.1, 0.15) is 0 Å². The highest BCUT2D eigenvalue weighted by Crippen LogP contribution is 2.40. The Morgan fingerprint density at radius 3 is 1.24 bits per heavy atom. The molecule has 45 heavy (non-hydrogen) atoms. The fraction of sp³-hybridized carbons (Fsp3) is 0.400. The summed E-state index contributed by atoms with van der Waals surface area (Å²) in [6.07, 6.45) is 3.29. The fourth-order valence-corrected chi connectivity index (χ4v) is 17.1. The lowest BCUT2D eigenvalue weighted by molar-refractivity contribution is 0.118. The van der Waals surface area contributed by atoms with Crippen molar-refractivity contribution >= 4 is 60.0 Å². The standard InChI is InChI=1S/C40H53IO2Si2/c1-33(21-20-32-42-44(39(2,3)4,34-22-12-8-13-23-34)35-24-14-9-15-25-35)38(30-31-41)43-45(40(5,6)7,36-26-16-10-17-27-36)37-28-18-11-19-29-37/h8-19,22-29,33,38H,20-21,30-32H2,1-7H3. The first-order chi connectivity index (χ1) is 21.5. The third-order valence-electron chi connectivity index (χ3n) is 9.31. The largest absolute Gasteiger partial charge is 0.407 e. The lowest BCUT2D eigenvalue weighted by Gasteiger charge is -2.46. The molecular formula is C40H53IO2Si2. The van der Waals surface area contributed by atoms with E-state index in [0.29, 0.717) is 5.92 Å². The summed E-state index contributed by atoms with van der Waals surface area (Å²) in [6.45, 7) is 17.3. The number of hydrogen-bond acceptors (Lipinski definition) is 2. The Hall–Kier alpha value is -2.04. The van der Waals surface area contributed by atoms with Crippen LogP contribution in [0.3, 0.4) is 0 Å². The molecule has 2 nitrogen and oxygen atoms in total. The van der Waals surface area contributed by atoms with Crippen molar-refractivity contribution in [3.05, 3.63) is 121 Å². The molecule has 0 heterocycles. The van der Waals surface area contributed by atoms with Gasteiger partial charge in [-0.1, -0.05) is 192 Å². The highest BCUT2D eigenvalue weighted by atomic mass is 127. The highest BCUT2D eigenvalue weighted by Gasteiger charge is 2.52. The predicted molar refractivity (Wildman–Crippen MR) is 208 cm³/mol. The van der Waals surface area contributed by atoms with Crippen LogP contribution < -0.4 is 20.7 Å². The van der Waals surface area contributed by atoms with Crippen LogP contribution in [0.5, 0.6) is 0 Å². The normalized spacial score (nSPS) is 14.2. The second-order valence-electron chi connectivity index (χ2n) is 14.4. The molecule has 0 spiro atoms. The van der Waals surface area contributed by atoms with Gasteiger partial charge in [0.15, 0.2) is 0 Å². The summed E-state index contributed by atoms with van der Waals surface area (Å²) in [6, 6.07) is 44.1. The van der Waals surface area contributed by atoms with Crippen molar-refractivity contribution in [2.75, 3.05) is 11.0 Å². The predicted octanol–water partition coefficient (Wildman–Crippen LogP) is 8.75. The molecule has 0 bridgehead atoms. The van der Waals surface area contributed by atoms with Crippen LogP contribution in [-0.4, -0.2) is 33.8 Å². The average Bonchev–Trinajstić information content (AvgIpc) is 3.03. The van der Waals surface area contributed by atoms with Crippen molar-refractivity contribution < 1.29 is 8.85 Å². The minimum absolute atomic E-state index is 0.0164. The van der Waals surface area contributed by atoms with E-state index in [4.69, 9.17) is 8.85 Å². The molecule has 0 aliphatic heterocycles. The van der Waals surface area contributed by atoms with Crippen LogP contribution in [0.25, 0.3) is 0 Å². The van der Waals surface area contributed by atoms with E-state index in [1.807, 2.05) is 0 Å². The highest BCUT2D eigenvalue weighted by molar-refractivity contribution is 14.1. The zero-order valence-electron chi connectivity index (χ0n) is 28.4. The fourth-order valence-electron chi connectivity index (χ4n) is 7.06. The summed E-state index contributed by atoms with van der Waals surface area (Å²) in [4.78, 5) is 0. The molecule has 2 atom stereocenters. The van der Waals surface area contributed by atoms with E-state index < -0.39 is 16.6 Å². The van der Waals surface area contributed by atoms with Gasteiger partial charge in [0.25, 0.3) is 16.6 Å². The molecule has 0 amide bonds. The molecule has 0 N–H and O–H groups in total. The molecule has 0 saturated heterocycles. The Kier molecular flexibility index (Phi) is 12.5. The van der Waals surface area contributed by atoms with Gasteiger partial charge in [0.2, 0.25) is 0 Å². The van der Waals surface area contributed by atoms with Crippen molar-refractivity contribution in [1.29, 1.82) is 0 Å². The maximum Gasteiger partial charge on any atom is 0.261 e. The lowest BCUT2D eigenvalue weighted by Crippen LogP contribution is -2.68. The Balaban J connectivity index is 1.60. The van der Waals surface area contributed by atoms with Crippen molar-refractivity contribution in [2.45, 2.75) is 83.9 Å². The van der Waals surface area contributed by atoms with E-state index in [1.165, 1.54) is 20.7 Å². The van der Waals surface area contributed by atoms with Gasteiger partial charge >= 0.3 is 0 Å². The maximum atomic E-state index is 7.67. The summed E-state index contributed by atoms with van der Waals surface area (Å²) < 4.78 is 16.0. The third-order valence-corrected chi connectivity index (χ3v) is 20.0. The molecule has 5 heteroatoms. The molecular weight excluding hydrogens is 696 g/mol. The first kappa shape index (κ1) is 35.8. The molecule has 4 aromatic rings. The molecule has 0 fully saturated rings. The first-order valence-corrected chi connectivity index (χ1v) is 21.9. The molecule has 2 unspecified atom stereocenters. The third kappa shape index (κ3) is 7.92. The van der Waals surface area contributed by atoms with Gasteiger partial charge in [-0.2, -0.15) is 0 Å². The number of benzene rings is 4. The Morgan fingerprint density at radius 1 is 0.556 bits per heavy atom. The maximum absolute atomic E-state index is 7.67. The quantitative estimate of drug-likeness (QED) is 0.0556. The van der Waals surface area contributed by atoms with E-state index in [0.717, 1.165) is 30.3 Å². The molecule has 0 aliphatic rings. The minimum atomic E-state index is -2.63. The number of halogens is 1. The molecule has 4 rings (SSSR count). The number of hydrogen-bond donors (Lipinski definition) is 0. The van der Waals surface area contributed by atoms with Crippen LogP contribution in [0.15, 0.2) is 121 Å². The van der Waals surface area contributed by atoms with Gasteiger partial charge in [0.05, 0.1) is 0 Å². The molecule has 240 valence electrons. The number of rotatable bonds is 14. The van der Waals surface area contributed by atoms with E-state index in [-0.39, 0.29) is 16.2 Å². The van der Waals surface area contributed by atoms with Crippen LogP contribution in [0.4, 0.5) is 0 Å². The number of alkyl halides is 1. The molecule has 0 aliphatic carbocycles. The van der Waals surface area contributed by atoms with Crippen LogP contribution in [-0.2, 0) is 8.85 Å². The zero-order valence-corrected chi connectivity index (χ0v) is 32.6. The molecule has 4 aromatic carbocycles. The second-order valence-corrected chi connectivity index (χ2v) is 24.1. The van der Waals surface area contributed by atoms with E-state index >= 15 is 0 Å². The van der Waals surface area contributed by atoms with Gasteiger partial charge in [-0.3, -0.25) is 0 Å². The van der Waals surface area contributed by atoms with Crippen molar-refractivity contribution in [3.8, 4) is 0 Å². The zero-order chi connectivity index (χ0) is 32.6. The Labute approximate surface area is 289 Å². The molecule has 0 aromatic heterocycles. The van der Waals surface area contributed by atoms with Crippen LogP contribution >= 0.6 is 22.6 Å². The van der Waals surface area contributed by atoms with E-state index in [9.17, 15) is 0 Å². The summed E-state index contributed by atoms with van der Waals surface area (Å²) in [5.74, 6) is 0.407. The monoisotopic (exact) mass is 748 g/mol. The summed E-state index contributed by atoms with van der Waals surface area (Å²) in [5, 5.41) is 5.33. The Bertz CT molecular complexity index is 1340. The summed E-state index contributed by atoms with van der Waals surface area (Å²) in [5.41, 5.74) is 0. The summed E-state index contributed by atoms with van der Waals surface area (Å²) in [7, 11) is -5.17. The molecule has 0 radical (unpaired) electrons. The topological polar surface area (TPSA) is 18.5 Å². The van der Waals surface area contributed by atoms with E-state index in [2.05, 4.69) is 192 Å². The SMILES string of the molecule is CC(CCCO[Si](c1ccccc1)(c1ccccc1)C(C)(C)C)C(CCI)O[Si](c1ccccc1)(c1ccccc1)C(C)(C)C.